The first-order valence-corrected chi connectivity index (χ1v) is 8.34. The van der Waals surface area contributed by atoms with E-state index in [9.17, 15) is 4.21 Å². The zero-order valence-electron chi connectivity index (χ0n) is 11.3. The molecular formula is C13H18ClN3OS. The fourth-order valence-corrected chi connectivity index (χ4v) is 2.58. The van der Waals surface area contributed by atoms with Gasteiger partial charge in [-0.3, -0.25) is 4.21 Å². The van der Waals surface area contributed by atoms with Crippen LogP contribution in [0.25, 0.3) is 11.2 Å². The van der Waals surface area contributed by atoms with Crippen molar-refractivity contribution in [2.24, 2.45) is 0 Å². The van der Waals surface area contributed by atoms with E-state index in [0.717, 1.165) is 30.0 Å². The molecule has 19 heavy (non-hydrogen) atoms. The van der Waals surface area contributed by atoms with Crippen molar-refractivity contribution >= 4 is 33.6 Å². The summed E-state index contributed by atoms with van der Waals surface area (Å²) in [4.78, 5) is 8.90. The number of fused-ring (bicyclic) bond motifs is 1. The van der Waals surface area contributed by atoms with Gasteiger partial charge in [-0.1, -0.05) is 6.92 Å². The van der Waals surface area contributed by atoms with Gasteiger partial charge in [-0.15, -0.1) is 11.6 Å². The molecule has 0 aromatic carbocycles. The lowest BCUT2D eigenvalue weighted by Crippen LogP contribution is -2.14. The summed E-state index contributed by atoms with van der Waals surface area (Å²) in [5.74, 6) is 0.824. The first kappa shape index (κ1) is 14.5. The highest BCUT2D eigenvalue weighted by atomic mass is 35.5. The zero-order valence-corrected chi connectivity index (χ0v) is 12.9. The molecule has 4 nitrogen and oxygen atoms in total. The number of pyridine rings is 1. The summed E-state index contributed by atoms with van der Waals surface area (Å²) < 4.78 is 13.5. The molecule has 0 fully saturated rings. The van der Waals surface area contributed by atoms with E-state index in [1.165, 1.54) is 0 Å². The number of alkyl halides is 1. The van der Waals surface area contributed by atoms with Crippen molar-refractivity contribution in [1.29, 1.82) is 0 Å². The highest BCUT2D eigenvalue weighted by Crippen LogP contribution is 2.23. The van der Waals surface area contributed by atoms with E-state index in [1.54, 1.807) is 12.5 Å². The Morgan fingerprint density at radius 1 is 1.47 bits per heavy atom. The molecule has 0 amide bonds. The summed E-state index contributed by atoms with van der Waals surface area (Å²) in [6, 6.07) is 3.80. The van der Waals surface area contributed by atoms with Crippen LogP contribution in [0.2, 0.25) is 0 Å². The van der Waals surface area contributed by atoms with Crippen LogP contribution >= 0.6 is 11.6 Å². The molecule has 0 saturated heterocycles. The number of imidazole rings is 1. The summed E-state index contributed by atoms with van der Waals surface area (Å²) in [5, 5.41) is -0.0173. The van der Waals surface area contributed by atoms with E-state index in [-0.39, 0.29) is 10.6 Å². The molecule has 0 aliphatic rings. The van der Waals surface area contributed by atoms with E-state index >= 15 is 0 Å². The molecule has 2 heterocycles. The maximum absolute atomic E-state index is 11.4. The Balaban J connectivity index is 2.34. The van der Waals surface area contributed by atoms with Crippen LogP contribution < -0.4 is 0 Å². The number of rotatable bonds is 5. The van der Waals surface area contributed by atoms with Gasteiger partial charge in [0.2, 0.25) is 0 Å². The molecular weight excluding hydrogens is 282 g/mol. The van der Waals surface area contributed by atoms with Crippen molar-refractivity contribution in [3.8, 4) is 0 Å². The van der Waals surface area contributed by atoms with E-state index in [0.29, 0.717) is 0 Å². The standard InChI is InChI=1S/C13H18ClN3OS/c1-9(19(3)18)6-8-17-12(10(2)14)16-11-5-4-7-15-13(11)17/h4-5,7,9-10H,6,8H2,1-3H3. The van der Waals surface area contributed by atoms with Gasteiger partial charge in [0, 0.05) is 35.0 Å². The lowest BCUT2D eigenvalue weighted by molar-refractivity contribution is 0.605. The van der Waals surface area contributed by atoms with Gasteiger partial charge in [0.05, 0.1) is 5.38 Å². The lowest BCUT2D eigenvalue weighted by Gasteiger charge is -2.12. The Hall–Kier alpha value is -0.940. The Labute approximate surface area is 120 Å². The van der Waals surface area contributed by atoms with Gasteiger partial charge in [-0.05, 0) is 25.5 Å². The Morgan fingerprint density at radius 2 is 2.21 bits per heavy atom. The van der Waals surface area contributed by atoms with E-state index < -0.39 is 10.8 Å². The largest absolute Gasteiger partial charge is 0.311 e. The molecule has 104 valence electrons. The average molecular weight is 300 g/mol. The highest BCUT2D eigenvalue weighted by molar-refractivity contribution is 7.84. The van der Waals surface area contributed by atoms with Crippen LogP contribution in [0.15, 0.2) is 18.3 Å². The molecule has 2 aromatic rings. The second kappa shape index (κ2) is 6.01. The van der Waals surface area contributed by atoms with Gasteiger partial charge in [-0.25, -0.2) is 9.97 Å². The van der Waals surface area contributed by atoms with Gasteiger partial charge >= 0.3 is 0 Å². The number of halogens is 1. The maximum Gasteiger partial charge on any atom is 0.160 e. The number of hydrogen-bond donors (Lipinski definition) is 0. The Bertz CT molecular complexity index is 597. The Morgan fingerprint density at radius 3 is 2.84 bits per heavy atom. The lowest BCUT2D eigenvalue weighted by atomic mass is 10.3. The summed E-state index contributed by atoms with van der Waals surface area (Å²) in [6.45, 7) is 4.63. The topological polar surface area (TPSA) is 47.8 Å². The van der Waals surface area contributed by atoms with Crippen LogP contribution in [0.1, 0.15) is 31.5 Å². The molecule has 0 aliphatic carbocycles. The molecule has 3 atom stereocenters. The molecule has 0 aliphatic heterocycles. The minimum absolute atomic E-state index is 0.152. The normalized spacial score (nSPS) is 16.4. The van der Waals surface area contributed by atoms with E-state index in [1.807, 2.05) is 30.5 Å². The number of aromatic nitrogens is 3. The van der Waals surface area contributed by atoms with Crippen molar-refractivity contribution in [3.05, 3.63) is 24.2 Å². The van der Waals surface area contributed by atoms with Crippen molar-refractivity contribution in [3.63, 3.8) is 0 Å². The van der Waals surface area contributed by atoms with Crippen molar-refractivity contribution in [2.45, 2.75) is 37.4 Å². The summed E-state index contributed by atoms with van der Waals surface area (Å²) in [6.07, 6.45) is 4.31. The zero-order chi connectivity index (χ0) is 14.0. The minimum Gasteiger partial charge on any atom is -0.311 e. The molecule has 0 radical (unpaired) electrons. The van der Waals surface area contributed by atoms with Gasteiger partial charge in [-0.2, -0.15) is 0 Å². The van der Waals surface area contributed by atoms with Gasteiger partial charge in [0.15, 0.2) is 5.65 Å². The second-order valence-electron chi connectivity index (χ2n) is 4.68. The SMILES string of the molecule is CC(Cl)c1nc2cccnc2n1CCC(C)S(C)=O. The minimum atomic E-state index is -0.810. The summed E-state index contributed by atoms with van der Waals surface area (Å²) in [7, 11) is -0.810. The van der Waals surface area contributed by atoms with E-state index in [2.05, 4.69) is 9.97 Å². The van der Waals surface area contributed by atoms with Gasteiger partial charge < -0.3 is 4.57 Å². The average Bonchev–Trinajstić information content (AvgIpc) is 2.74. The summed E-state index contributed by atoms with van der Waals surface area (Å²) >= 11 is 6.19. The van der Waals surface area contributed by atoms with Crippen LogP contribution in [-0.4, -0.2) is 30.2 Å². The maximum atomic E-state index is 11.4. The molecule has 2 aromatic heterocycles. The molecule has 0 spiro atoms. The fraction of sp³-hybridized carbons (Fsp3) is 0.538. The van der Waals surface area contributed by atoms with Crippen molar-refractivity contribution in [1.82, 2.24) is 14.5 Å². The second-order valence-corrected chi connectivity index (χ2v) is 7.14. The third-order valence-corrected chi connectivity index (χ3v) is 4.78. The predicted octanol–water partition coefficient (Wildman–Crippen LogP) is 2.89. The van der Waals surface area contributed by atoms with Crippen LogP contribution in [0.4, 0.5) is 0 Å². The van der Waals surface area contributed by atoms with Crippen LogP contribution in [0.5, 0.6) is 0 Å². The molecule has 0 N–H and O–H groups in total. The van der Waals surface area contributed by atoms with Gasteiger partial charge in [0.1, 0.15) is 11.3 Å². The monoisotopic (exact) mass is 299 g/mol. The van der Waals surface area contributed by atoms with Crippen LogP contribution in [-0.2, 0) is 17.3 Å². The Kier molecular flexibility index (Phi) is 4.58. The fourth-order valence-electron chi connectivity index (χ4n) is 1.98. The first-order chi connectivity index (χ1) is 9.00. The van der Waals surface area contributed by atoms with Crippen molar-refractivity contribution in [2.75, 3.05) is 6.26 Å². The quantitative estimate of drug-likeness (QED) is 0.798. The van der Waals surface area contributed by atoms with Crippen LogP contribution in [0.3, 0.4) is 0 Å². The van der Waals surface area contributed by atoms with Crippen molar-refractivity contribution < 1.29 is 4.21 Å². The smallest absolute Gasteiger partial charge is 0.160 e. The molecule has 3 unspecified atom stereocenters. The van der Waals surface area contributed by atoms with Gasteiger partial charge in [0.25, 0.3) is 0 Å². The molecule has 6 heteroatoms. The molecule has 0 saturated carbocycles. The van der Waals surface area contributed by atoms with E-state index in [4.69, 9.17) is 11.6 Å². The number of hydrogen-bond acceptors (Lipinski definition) is 3. The third kappa shape index (κ3) is 3.15. The summed E-state index contributed by atoms with van der Waals surface area (Å²) in [5.41, 5.74) is 1.70. The number of aryl methyl sites for hydroxylation is 1. The molecule has 2 rings (SSSR count). The third-order valence-electron chi connectivity index (χ3n) is 3.21. The molecule has 0 bridgehead atoms. The van der Waals surface area contributed by atoms with Crippen LogP contribution in [0, 0.1) is 0 Å². The predicted molar refractivity (Wildman–Crippen MR) is 79.9 cm³/mol. The highest BCUT2D eigenvalue weighted by Gasteiger charge is 2.16. The number of nitrogens with zero attached hydrogens (tertiary/aromatic N) is 3. The first-order valence-electron chi connectivity index (χ1n) is 6.28.